The van der Waals surface area contributed by atoms with Crippen LogP contribution >= 0.6 is 23.5 Å². The first-order valence-electron chi connectivity index (χ1n) is 14.3. The molecule has 0 spiro atoms. The number of aryl methyl sites for hydroxylation is 1. The summed E-state index contributed by atoms with van der Waals surface area (Å²) in [6.07, 6.45) is 8.32. The molecular weight excluding hydrogens is 528 g/mol. The van der Waals surface area contributed by atoms with E-state index < -0.39 is 0 Å². The summed E-state index contributed by atoms with van der Waals surface area (Å²) >= 11 is 2.44. The van der Waals surface area contributed by atoms with Crippen LogP contribution in [0.3, 0.4) is 0 Å². The standard InChI is InChI=1S/C31H44N2O4S2/c1-7-8-9-10-22-14-27(36-30(34)38-18-23-16-32(23)5)29(26-13-21(4)11-12-25(26)20(2)3)28(15-22)37-31(35)39-19-24-17-33(24)6/h13-15,23-26H,2,7-12,16-19H2,1,3-6H3/t23?,24?,25-,26+,32?,33?/m0/s1. The predicted octanol–water partition coefficient (Wildman–Crippen LogP) is 7.53. The van der Waals surface area contributed by atoms with Crippen molar-refractivity contribution >= 4 is 34.1 Å². The minimum Gasteiger partial charge on any atom is -0.418 e. The maximum Gasteiger partial charge on any atom is 0.372 e. The minimum atomic E-state index is -0.311. The van der Waals surface area contributed by atoms with E-state index >= 15 is 0 Å². The lowest BCUT2D eigenvalue weighted by Gasteiger charge is -2.32. The van der Waals surface area contributed by atoms with Crippen LogP contribution < -0.4 is 9.47 Å². The van der Waals surface area contributed by atoms with Crippen LogP contribution in [0.1, 0.15) is 69.9 Å². The minimum absolute atomic E-state index is 0.0781. The number of rotatable bonds is 12. The molecule has 214 valence electrons. The number of allylic oxidation sites excluding steroid dienone is 3. The fraction of sp³-hybridized carbons (Fsp3) is 0.613. The van der Waals surface area contributed by atoms with Gasteiger partial charge in [0.05, 0.1) is 0 Å². The van der Waals surface area contributed by atoms with Gasteiger partial charge in [0.25, 0.3) is 0 Å². The molecule has 1 aromatic rings. The van der Waals surface area contributed by atoms with Gasteiger partial charge in [0.2, 0.25) is 0 Å². The van der Waals surface area contributed by atoms with Gasteiger partial charge in [0.1, 0.15) is 11.5 Å². The Morgan fingerprint density at radius 1 is 1.00 bits per heavy atom. The van der Waals surface area contributed by atoms with E-state index in [9.17, 15) is 9.59 Å². The predicted molar refractivity (Wildman–Crippen MR) is 164 cm³/mol. The zero-order valence-corrected chi connectivity index (χ0v) is 25.8. The van der Waals surface area contributed by atoms with Crippen molar-refractivity contribution in [1.82, 2.24) is 9.80 Å². The van der Waals surface area contributed by atoms with E-state index in [1.54, 1.807) is 0 Å². The van der Waals surface area contributed by atoms with E-state index in [2.05, 4.69) is 57.3 Å². The number of likely N-dealkylation sites (N-methyl/N-ethyl adjacent to an activating group) is 2. The molecule has 39 heavy (non-hydrogen) atoms. The molecule has 2 aliphatic heterocycles. The largest absolute Gasteiger partial charge is 0.418 e. The number of unbranched alkanes of at least 4 members (excludes halogenated alkanes) is 2. The van der Waals surface area contributed by atoms with Crippen molar-refractivity contribution in [3.63, 3.8) is 0 Å². The average molecular weight is 573 g/mol. The number of thioether (sulfide) groups is 2. The van der Waals surface area contributed by atoms with Crippen molar-refractivity contribution in [2.75, 3.05) is 38.7 Å². The Hall–Kier alpha value is -1.74. The van der Waals surface area contributed by atoms with Gasteiger partial charge in [-0.15, -0.1) is 0 Å². The van der Waals surface area contributed by atoms with Crippen LogP contribution in [-0.4, -0.2) is 71.2 Å². The van der Waals surface area contributed by atoms with Gasteiger partial charge >= 0.3 is 10.6 Å². The molecule has 0 saturated carbocycles. The summed E-state index contributed by atoms with van der Waals surface area (Å²) < 4.78 is 12.2. The summed E-state index contributed by atoms with van der Waals surface area (Å²) in [5.74, 6) is 2.56. The molecule has 4 rings (SSSR count). The van der Waals surface area contributed by atoms with E-state index in [-0.39, 0.29) is 22.4 Å². The van der Waals surface area contributed by atoms with Gasteiger partial charge in [0.15, 0.2) is 0 Å². The van der Waals surface area contributed by atoms with Gasteiger partial charge in [0, 0.05) is 48.2 Å². The Bertz CT molecular complexity index is 1050. The van der Waals surface area contributed by atoms with Crippen molar-refractivity contribution in [2.45, 2.75) is 77.3 Å². The highest BCUT2D eigenvalue weighted by Gasteiger charge is 2.35. The highest BCUT2D eigenvalue weighted by atomic mass is 32.2. The molecule has 8 heteroatoms. The first-order chi connectivity index (χ1) is 18.7. The fourth-order valence-electron chi connectivity index (χ4n) is 5.28. The Kier molecular flexibility index (Phi) is 10.7. The molecule has 0 amide bonds. The molecule has 6 nitrogen and oxygen atoms in total. The summed E-state index contributed by atoms with van der Waals surface area (Å²) in [5, 5.41) is -0.622. The number of carbonyl (C=O) groups excluding carboxylic acids is 2. The van der Waals surface area contributed by atoms with Gasteiger partial charge in [-0.2, -0.15) is 0 Å². The maximum atomic E-state index is 13.1. The monoisotopic (exact) mass is 572 g/mol. The van der Waals surface area contributed by atoms with Crippen LogP contribution in [0.15, 0.2) is 35.9 Å². The fourth-order valence-corrected chi connectivity index (χ4v) is 6.95. The van der Waals surface area contributed by atoms with Gasteiger partial charge in [-0.05, 0) is 101 Å². The first-order valence-corrected chi connectivity index (χ1v) is 16.2. The normalized spacial score (nSPS) is 27.5. The SMILES string of the molecule is C=C(C)[C@@H]1CCC(C)=C[C@H]1c1c(OC(=O)SCC2CN2C)cc(CCCCC)cc1OC(=O)SCC1CN1C. The zero-order chi connectivity index (χ0) is 28.1. The molecule has 3 aliphatic rings. The van der Waals surface area contributed by atoms with Crippen molar-refractivity contribution in [3.8, 4) is 11.5 Å². The van der Waals surface area contributed by atoms with Crippen LogP contribution in [0.4, 0.5) is 9.59 Å². The number of hydrogen-bond donors (Lipinski definition) is 0. The van der Waals surface area contributed by atoms with E-state index in [1.165, 1.54) is 29.1 Å². The van der Waals surface area contributed by atoms with Crippen LogP contribution in [-0.2, 0) is 6.42 Å². The molecule has 2 heterocycles. The van der Waals surface area contributed by atoms with Crippen LogP contribution in [0, 0.1) is 5.92 Å². The van der Waals surface area contributed by atoms with E-state index in [0.29, 0.717) is 35.1 Å². The number of ether oxygens (including phenoxy) is 2. The molecule has 4 unspecified atom stereocenters. The second-order valence-corrected chi connectivity index (χ2v) is 13.4. The second-order valence-electron chi connectivity index (χ2n) is 11.5. The summed E-state index contributed by atoms with van der Waals surface area (Å²) in [6, 6.07) is 4.86. The van der Waals surface area contributed by atoms with Gasteiger partial charge in [-0.1, -0.05) is 43.6 Å². The summed E-state index contributed by atoms with van der Waals surface area (Å²) in [7, 11) is 4.12. The lowest BCUT2D eigenvalue weighted by atomic mass is 9.73. The Labute approximate surface area is 242 Å². The molecule has 2 saturated heterocycles. The van der Waals surface area contributed by atoms with E-state index in [0.717, 1.165) is 68.3 Å². The smallest absolute Gasteiger partial charge is 0.372 e. The Morgan fingerprint density at radius 3 is 2.00 bits per heavy atom. The lowest BCUT2D eigenvalue weighted by molar-refractivity contribution is 0.224. The van der Waals surface area contributed by atoms with Gasteiger partial charge < -0.3 is 9.47 Å². The van der Waals surface area contributed by atoms with Crippen molar-refractivity contribution in [2.24, 2.45) is 5.92 Å². The third kappa shape index (κ3) is 8.62. The molecule has 0 radical (unpaired) electrons. The van der Waals surface area contributed by atoms with Crippen molar-refractivity contribution < 1.29 is 19.1 Å². The second kappa shape index (κ2) is 13.7. The quantitative estimate of drug-likeness (QED) is 0.110. The molecule has 0 bridgehead atoms. The highest BCUT2D eigenvalue weighted by molar-refractivity contribution is 8.13. The third-order valence-electron chi connectivity index (χ3n) is 8.10. The maximum absolute atomic E-state index is 13.1. The van der Waals surface area contributed by atoms with Crippen molar-refractivity contribution in [1.29, 1.82) is 0 Å². The van der Waals surface area contributed by atoms with Crippen LogP contribution in [0.5, 0.6) is 11.5 Å². The Morgan fingerprint density at radius 2 is 1.54 bits per heavy atom. The number of hydrogen-bond acceptors (Lipinski definition) is 8. The highest BCUT2D eigenvalue weighted by Crippen LogP contribution is 2.48. The summed E-state index contributed by atoms with van der Waals surface area (Å²) in [4.78, 5) is 30.5. The van der Waals surface area contributed by atoms with Gasteiger partial charge in [-0.3, -0.25) is 9.80 Å². The van der Waals surface area contributed by atoms with Crippen LogP contribution in [0.2, 0.25) is 0 Å². The van der Waals surface area contributed by atoms with E-state index in [1.807, 2.05) is 12.1 Å². The lowest BCUT2D eigenvalue weighted by Crippen LogP contribution is -2.20. The number of benzene rings is 1. The molecule has 1 aromatic carbocycles. The van der Waals surface area contributed by atoms with Crippen molar-refractivity contribution in [3.05, 3.63) is 47.1 Å². The number of nitrogens with zero attached hydrogens (tertiary/aromatic N) is 2. The molecule has 6 atom stereocenters. The summed E-state index contributed by atoms with van der Waals surface area (Å²) in [6.45, 7) is 12.7. The molecule has 0 aromatic heterocycles. The molecule has 0 N–H and O–H groups in total. The average Bonchev–Trinajstić information content (AvgIpc) is 3.78. The zero-order valence-electron chi connectivity index (χ0n) is 24.2. The summed E-state index contributed by atoms with van der Waals surface area (Å²) in [5.41, 5.74) is 4.19. The van der Waals surface area contributed by atoms with E-state index in [4.69, 9.17) is 9.47 Å². The van der Waals surface area contributed by atoms with Gasteiger partial charge in [-0.25, -0.2) is 9.59 Å². The molecular formula is C31H44N2O4S2. The first kappa shape index (κ1) is 30.2. The molecule has 1 aliphatic carbocycles. The topological polar surface area (TPSA) is 58.6 Å². The third-order valence-corrected chi connectivity index (χ3v) is 9.84. The molecule has 2 fully saturated rings. The number of carbonyl (C=O) groups is 2. The van der Waals surface area contributed by atoms with Crippen LogP contribution in [0.25, 0.3) is 0 Å². The Balaban J connectivity index is 1.68.